The number of nitrogens with zero attached hydrogens (tertiary/aromatic N) is 1. The summed E-state index contributed by atoms with van der Waals surface area (Å²) in [6.07, 6.45) is 8.90. The predicted molar refractivity (Wildman–Crippen MR) is 133 cm³/mol. The van der Waals surface area contributed by atoms with E-state index in [1.54, 1.807) is 17.0 Å². The molecule has 170 valence electrons. The van der Waals surface area contributed by atoms with E-state index in [1.165, 1.54) is 12.0 Å². The highest BCUT2D eigenvalue weighted by Crippen LogP contribution is 2.38. The monoisotopic (exact) mass is 441 g/mol. The van der Waals surface area contributed by atoms with Gasteiger partial charge in [-0.2, -0.15) is 5.90 Å². The highest BCUT2D eigenvalue weighted by atomic mass is 16.6. The van der Waals surface area contributed by atoms with E-state index in [9.17, 15) is 4.79 Å². The highest BCUT2D eigenvalue weighted by molar-refractivity contribution is 6.21. The fourth-order valence-corrected chi connectivity index (χ4v) is 4.61. The van der Waals surface area contributed by atoms with Crippen molar-refractivity contribution in [3.63, 3.8) is 0 Å². The lowest BCUT2D eigenvalue weighted by Crippen LogP contribution is -2.40. The van der Waals surface area contributed by atoms with E-state index >= 15 is 0 Å². The molecule has 5 nitrogen and oxygen atoms in total. The molecule has 2 aromatic carbocycles. The van der Waals surface area contributed by atoms with Gasteiger partial charge in [-0.3, -0.25) is 9.69 Å². The number of amides is 1. The van der Waals surface area contributed by atoms with E-state index in [-0.39, 0.29) is 5.91 Å². The molecule has 0 radical (unpaired) electrons. The van der Waals surface area contributed by atoms with Crippen LogP contribution in [-0.2, 0) is 4.79 Å². The fourth-order valence-electron chi connectivity index (χ4n) is 4.61. The summed E-state index contributed by atoms with van der Waals surface area (Å²) in [5.41, 5.74) is 6.96. The van der Waals surface area contributed by atoms with Crippen LogP contribution in [0.3, 0.4) is 0 Å². The topological polar surface area (TPSA) is 67.6 Å². The Bertz CT molecular complexity index is 1160. The minimum atomic E-state index is -0.0416. The standard InChI is InChI=1S/C28H31N3O2/c1-4-24(20-11-7-5-8-12-20)26(21-13-9-6-10-14-21)27-30-19(2)25(28(32)31(27)3)22-15-17-23(33-29)18-16-22/h4-5,7-8,11-13,15-18,30H,6,9-10,14,29H2,1-3H3/b24-4-,27-26-. The van der Waals surface area contributed by atoms with Crippen molar-refractivity contribution in [2.24, 2.45) is 5.90 Å². The summed E-state index contributed by atoms with van der Waals surface area (Å²) in [7, 11) is 1.84. The Morgan fingerprint density at radius 2 is 1.82 bits per heavy atom. The van der Waals surface area contributed by atoms with Crippen LogP contribution in [0.25, 0.3) is 11.1 Å². The highest BCUT2D eigenvalue weighted by Gasteiger charge is 2.31. The van der Waals surface area contributed by atoms with E-state index in [0.29, 0.717) is 11.3 Å². The Morgan fingerprint density at radius 1 is 1.09 bits per heavy atom. The van der Waals surface area contributed by atoms with Gasteiger partial charge in [0, 0.05) is 18.3 Å². The first-order chi connectivity index (χ1) is 16.0. The number of likely N-dealkylation sites (N-methyl/N-ethyl adjacent to an activating group) is 1. The molecule has 0 aromatic heterocycles. The minimum Gasteiger partial charge on any atom is -0.412 e. The van der Waals surface area contributed by atoms with Crippen LogP contribution in [0.4, 0.5) is 0 Å². The Morgan fingerprint density at radius 3 is 2.42 bits per heavy atom. The number of benzene rings is 2. The largest absolute Gasteiger partial charge is 0.412 e. The molecule has 3 N–H and O–H groups in total. The van der Waals surface area contributed by atoms with Gasteiger partial charge in [0.15, 0.2) is 0 Å². The smallest absolute Gasteiger partial charge is 0.261 e. The molecule has 33 heavy (non-hydrogen) atoms. The number of carbonyl (C=O) groups excluding carboxylic acids is 1. The summed E-state index contributed by atoms with van der Waals surface area (Å²) in [6, 6.07) is 17.6. The number of nitrogens with one attached hydrogen (secondary N) is 1. The molecular weight excluding hydrogens is 410 g/mol. The summed E-state index contributed by atoms with van der Waals surface area (Å²) >= 11 is 0. The Labute approximate surface area is 195 Å². The second-order valence-electron chi connectivity index (χ2n) is 8.40. The van der Waals surface area contributed by atoms with Gasteiger partial charge in [0.2, 0.25) is 0 Å². The Hall–Kier alpha value is -3.57. The van der Waals surface area contributed by atoms with E-state index in [2.05, 4.69) is 48.7 Å². The molecule has 0 bridgehead atoms. The summed E-state index contributed by atoms with van der Waals surface area (Å²) in [4.78, 5) is 20.2. The van der Waals surface area contributed by atoms with Gasteiger partial charge in [0.1, 0.15) is 11.6 Å². The van der Waals surface area contributed by atoms with Gasteiger partial charge in [0.25, 0.3) is 5.91 Å². The average molecular weight is 442 g/mol. The minimum absolute atomic E-state index is 0.0416. The molecular formula is C28H31N3O2. The van der Waals surface area contributed by atoms with Crippen LogP contribution in [0.1, 0.15) is 50.7 Å². The Balaban J connectivity index is 1.86. The Kier molecular flexibility index (Phi) is 6.80. The normalized spacial score (nSPS) is 18.7. The molecule has 2 aromatic rings. The molecule has 0 saturated carbocycles. The first-order valence-electron chi connectivity index (χ1n) is 11.4. The quantitative estimate of drug-likeness (QED) is 0.597. The molecule has 4 rings (SSSR count). The van der Waals surface area contributed by atoms with Gasteiger partial charge in [-0.15, -0.1) is 0 Å². The van der Waals surface area contributed by atoms with Gasteiger partial charge < -0.3 is 10.2 Å². The third-order valence-electron chi connectivity index (χ3n) is 6.31. The van der Waals surface area contributed by atoms with Crippen molar-refractivity contribution in [3.05, 3.63) is 101 Å². The van der Waals surface area contributed by atoms with Crippen molar-refractivity contribution in [2.45, 2.75) is 39.5 Å². The van der Waals surface area contributed by atoms with Crippen molar-refractivity contribution < 1.29 is 9.63 Å². The number of allylic oxidation sites excluding steroid dienone is 6. The van der Waals surface area contributed by atoms with Gasteiger partial charge >= 0.3 is 0 Å². The molecule has 0 unspecified atom stereocenters. The predicted octanol–water partition coefficient (Wildman–Crippen LogP) is 5.55. The maximum Gasteiger partial charge on any atom is 0.261 e. The van der Waals surface area contributed by atoms with Crippen LogP contribution >= 0.6 is 0 Å². The first-order valence-corrected chi connectivity index (χ1v) is 11.4. The van der Waals surface area contributed by atoms with Crippen LogP contribution in [0.5, 0.6) is 5.75 Å². The number of hydrogen-bond acceptors (Lipinski definition) is 4. The van der Waals surface area contributed by atoms with Gasteiger partial charge in [0.05, 0.1) is 5.57 Å². The summed E-state index contributed by atoms with van der Waals surface area (Å²) in [5.74, 6) is 6.59. The van der Waals surface area contributed by atoms with E-state index in [4.69, 9.17) is 10.7 Å². The zero-order valence-corrected chi connectivity index (χ0v) is 19.5. The lowest BCUT2D eigenvalue weighted by atomic mass is 9.85. The van der Waals surface area contributed by atoms with E-state index in [0.717, 1.165) is 53.1 Å². The molecule has 1 heterocycles. The van der Waals surface area contributed by atoms with Crippen LogP contribution in [0.2, 0.25) is 0 Å². The number of nitrogens with two attached hydrogens (primary N) is 1. The molecule has 0 spiro atoms. The molecule has 0 atom stereocenters. The zero-order chi connectivity index (χ0) is 23.4. The summed E-state index contributed by atoms with van der Waals surface area (Å²) in [5, 5.41) is 3.58. The molecule has 5 heteroatoms. The van der Waals surface area contributed by atoms with Crippen LogP contribution in [0.15, 0.2) is 89.4 Å². The third kappa shape index (κ3) is 4.50. The first kappa shape index (κ1) is 22.6. The maximum atomic E-state index is 13.6. The zero-order valence-electron chi connectivity index (χ0n) is 19.5. The van der Waals surface area contributed by atoms with Gasteiger partial charge in [-0.1, -0.05) is 54.6 Å². The van der Waals surface area contributed by atoms with Gasteiger partial charge in [-0.25, -0.2) is 0 Å². The van der Waals surface area contributed by atoms with E-state index < -0.39 is 0 Å². The van der Waals surface area contributed by atoms with Crippen molar-refractivity contribution in [1.29, 1.82) is 0 Å². The molecule has 0 fully saturated rings. The van der Waals surface area contributed by atoms with E-state index in [1.807, 2.05) is 32.2 Å². The van der Waals surface area contributed by atoms with Crippen LogP contribution in [-0.4, -0.2) is 17.9 Å². The average Bonchev–Trinajstić information content (AvgIpc) is 2.86. The maximum absolute atomic E-state index is 13.6. The lowest BCUT2D eigenvalue weighted by molar-refractivity contribution is -0.122. The van der Waals surface area contributed by atoms with Crippen molar-refractivity contribution >= 4 is 17.1 Å². The second-order valence-corrected chi connectivity index (χ2v) is 8.40. The van der Waals surface area contributed by atoms with Crippen molar-refractivity contribution in [1.82, 2.24) is 10.2 Å². The molecule has 1 aliphatic carbocycles. The number of rotatable bonds is 5. The molecule has 0 saturated heterocycles. The summed E-state index contributed by atoms with van der Waals surface area (Å²) in [6.45, 7) is 4.02. The molecule has 1 amide bonds. The molecule has 2 aliphatic rings. The number of carbonyl (C=O) groups is 1. The van der Waals surface area contributed by atoms with Crippen molar-refractivity contribution in [3.8, 4) is 5.75 Å². The summed E-state index contributed by atoms with van der Waals surface area (Å²) < 4.78 is 0. The van der Waals surface area contributed by atoms with Gasteiger partial charge in [-0.05, 0) is 73.9 Å². The van der Waals surface area contributed by atoms with Crippen molar-refractivity contribution in [2.75, 3.05) is 7.05 Å². The second kappa shape index (κ2) is 9.92. The lowest BCUT2D eigenvalue weighted by Gasteiger charge is -2.34. The SMILES string of the molecule is C/C=C(\C(C1=CCCCC1)=C1\NC(C)=C(c2ccc(ON)cc2)C(=O)N1C)c1ccccc1. The molecule has 1 aliphatic heterocycles. The third-order valence-corrected chi connectivity index (χ3v) is 6.31. The fraction of sp³-hybridized carbons (Fsp3) is 0.250. The van der Waals surface area contributed by atoms with Crippen LogP contribution in [0, 0.1) is 0 Å². The van der Waals surface area contributed by atoms with Crippen LogP contribution < -0.4 is 16.1 Å². The number of hydrogen-bond donors (Lipinski definition) is 2.